The maximum absolute atomic E-state index is 11.1. The third-order valence-corrected chi connectivity index (χ3v) is 3.56. The fraction of sp³-hybridized carbons (Fsp3) is 0.571. The maximum atomic E-state index is 11.1. The number of rotatable bonds is 5. The number of morpholine rings is 1. The third kappa shape index (κ3) is 3.26. The van der Waals surface area contributed by atoms with E-state index < -0.39 is 0 Å². The summed E-state index contributed by atoms with van der Waals surface area (Å²) in [5.41, 5.74) is 1.75. The monoisotopic (exact) mass is 279 g/mol. The van der Waals surface area contributed by atoms with Gasteiger partial charge in [0.2, 0.25) is 0 Å². The van der Waals surface area contributed by atoms with E-state index in [1.54, 1.807) is 12.1 Å². The summed E-state index contributed by atoms with van der Waals surface area (Å²) in [4.78, 5) is 13.1. The van der Waals surface area contributed by atoms with Gasteiger partial charge in [-0.1, -0.05) is 12.1 Å². The van der Waals surface area contributed by atoms with Crippen LogP contribution in [0.15, 0.2) is 18.2 Å². The average molecular weight is 279 g/mol. The molecule has 1 atom stereocenters. The Bertz CT molecular complexity index is 479. The molecule has 20 heavy (non-hydrogen) atoms. The second kappa shape index (κ2) is 6.67. The smallest absolute Gasteiger partial charge is 0.292 e. The SMILES string of the molecule is CCNc1c(CN2CCOCC2C)cccc1[N+](=O)[O-]. The molecule has 0 radical (unpaired) electrons. The van der Waals surface area contributed by atoms with Crippen molar-refractivity contribution in [2.24, 2.45) is 0 Å². The molecular formula is C14H21N3O3. The molecule has 1 saturated heterocycles. The van der Waals surface area contributed by atoms with Crippen molar-refractivity contribution in [1.29, 1.82) is 0 Å². The van der Waals surface area contributed by atoms with Gasteiger partial charge in [-0.2, -0.15) is 0 Å². The predicted octanol–water partition coefficient (Wildman–Crippen LogP) is 2.25. The molecule has 1 fully saturated rings. The van der Waals surface area contributed by atoms with E-state index in [9.17, 15) is 10.1 Å². The highest BCUT2D eigenvalue weighted by atomic mass is 16.6. The Balaban J connectivity index is 2.25. The second-order valence-corrected chi connectivity index (χ2v) is 4.99. The number of nitro benzene ring substituents is 1. The first-order valence-electron chi connectivity index (χ1n) is 6.95. The van der Waals surface area contributed by atoms with E-state index in [4.69, 9.17) is 4.74 Å². The minimum absolute atomic E-state index is 0.144. The highest BCUT2D eigenvalue weighted by Crippen LogP contribution is 2.29. The van der Waals surface area contributed by atoms with Crippen molar-refractivity contribution in [3.63, 3.8) is 0 Å². The maximum Gasteiger partial charge on any atom is 0.292 e. The molecule has 0 amide bonds. The van der Waals surface area contributed by atoms with Crippen LogP contribution in [0.3, 0.4) is 0 Å². The fourth-order valence-corrected chi connectivity index (χ4v) is 2.47. The van der Waals surface area contributed by atoms with Crippen LogP contribution in [0.2, 0.25) is 0 Å². The number of nitrogens with one attached hydrogen (secondary N) is 1. The molecule has 2 rings (SSSR count). The average Bonchev–Trinajstić information content (AvgIpc) is 2.43. The van der Waals surface area contributed by atoms with Crippen LogP contribution >= 0.6 is 0 Å². The van der Waals surface area contributed by atoms with Crippen LogP contribution in [0.25, 0.3) is 0 Å². The summed E-state index contributed by atoms with van der Waals surface area (Å²) in [5, 5.41) is 14.3. The molecule has 1 aliphatic heterocycles. The normalized spacial score (nSPS) is 19.8. The third-order valence-electron chi connectivity index (χ3n) is 3.56. The van der Waals surface area contributed by atoms with Crippen molar-refractivity contribution in [2.45, 2.75) is 26.4 Å². The van der Waals surface area contributed by atoms with Crippen LogP contribution in [-0.4, -0.2) is 42.2 Å². The van der Waals surface area contributed by atoms with Crippen LogP contribution in [0.5, 0.6) is 0 Å². The number of hydrogen-bond donors (Lipinski definition) is 1. The van der Waals surface area contributed by atoms with Crippen molar-refractivity contribution < 1.29 is 9.66 Å². The predicted molar refractivity (Wildman–Crippen MR) is 78.0 cm³/mol. The van der Waals surface area contributed by atoms with Gasteiger partial charge >= 0.3 is 0 Å². The second-order valence-electron chi connectivity index (χ2n) is 4.99. The Hall–Kier alpha value is -1.66. The minimum atomic E-state index is -0.329. The van der Waals surface area contributed by atoms with Gasteiger partial charge in [-0.15, -0.1) is 0 Å². The highest BCUT2D eigenvalue weighted by molar-refractivity contribution is 5.66. The molecule has 1 aromatic rings. The summed E-state index contributed by atoms with van der Waals surface area (Å²) in [6.07, 6.45) is 0. The highest BCUT2D eigenvalue weighted by Gasteiger charge is 2.22. The van der Waals surface area contributed by atoms with Crippen molar-refractivity contribution in [3.8, 4) is 0 Å². The van der Waals surface area contributed by atoms with Crippen LogP contribution in [0, 0.1) is 10.1 Å². The zero-order valence-electron chi connectivity index (χ0n) is 12.0. The summed E-state index contributed by atoms with van der Waals surface area (Å²) in [5.74, 6) is 0. The molecule has 110 valence electrons. The summed E-state index contributed by atoms with van der Waals surface area (Å²) in [7, 11) is 0. The van der Waals surface area contributed by atoms with E-state index in [1.165, 1.54) is 0 Å². The van der Waals surface area contributed by atoms with Gasteiger partial charge in [-0.05, 0) is 19.4 Å². The molecule has 0 saturated carbocycles. The molecular weight excluding hydrogens is 258 g/mol. The van der Waals surface area contributed by atoms with Gasteiger partial charge in [-0.25, -0.2) is 0 Å². The van der Waals surface area contributed by atoms with Crippen LogP contribution < -0.4 is 5.32 Å². The van der Waals surface area contributed by atoms with E-state index in [-0.39, 0.29) is 10.6 Å². The van der Waals surface area contributed by atoms with Crippen molar-refractivity contribution >= 4 is 11.4 Å². The molecule has 0 aromatic heterocycles. The number of benzene rings is 1. The molecule has 1 aromatic carbocycles. The fourth-order valence-electron chi connectivity index (χ4n) is 2.47. The van der Waals surface area contributed by atoms with Crippen LogP contribution in [0.1, 0.15) is 19.4 Å². The van der Waals surface area contributed by atoms with Crippen molar-refractivity contribution in [2.75, 3.05) is 31.6 Å². The molecule has 1 N–H and O–H groups in total. The lowest BCUT2D eigenvalue weighted by molar-refractivity contribution is -0.384. The van der Waals surface area contributed by atoms with Gasteiger partial charge < -0.3 is 10.1 Å². The zero-order chi connectivity index (χ0) is 14.5. The lowest BCUT2D eigenvalue weighted by Gasteiger charge is -2.33. The lowest BCUT2D eigenvalue weighted by Crippen LogP contribution is -2.43. The molecule has 6 nitrogen and oxygen atoms in total. The van der Waals surface area contributed by atoms with E-state index in [0.29, 0.717) is 31.4 Å². The first-order chi connectivity index (χ1) is 9.63. The van der Waals surface area contributed by atoms with Gasteiger partial charge in [0.05, 0.1) is 18.1 Å². The minimum Gasteiger partial charge on any atom is -0.380 e. The van der Waals surface area contributed by atoms with E-state index in [0.717, 1.165) is 18.7 Å². The largest absolute Gasteiger partial charge is 0.380 e. The topological polar surface area (TPSA) is 67.6 Å². The first-order valence-corrected chi connectivity index (χ1v) is 6.95. The molecule has 6 heteroatoms. The lowest BCUT2D eigenvalue weighted by atomic mass is 10.1. The summed E-state index contributed by atoms with van der Waals surface area (Å²) < 4.78 is 5.42. The Morgan fingerprint density at radius 1 is 1.55 bits per heavy atom. The standard InChI is InChI=1S/C14H21N3O3/c1-3-15-14-12(5-4-6-13(14)17(18)19)9-16-7-8-20-10-11(16)2/h4-6,11,15H,3,7-10H2,1-2H3. The molecule has 0 spiro atoms. The molecule has 1 aliphatic rings. The number of ether oxygens (including phenoxy) is 1. The Labute approximate surface area is 118 Å². The van der Waals surface area contributed by atoms with Crippen LogP contribution in [-0.2, 0) is 11.3 Å². The van der Waals surface area contributed by atoms with Gasteiger partial charge in [0.1, 0.15) is 5.69 Å². The van der Waals surface area contributed by atoms with Gasteiger partial charge in [-0.3, -0.25) is 15.0 Å². The van der Waals surface area contributed by atoms with E-state index in [1.807, 2.05) is 13.0 Å². The summed E-state index contributed by atoms with van der Waals surface area (Å²) in [6.45, 7) is 7.71. The summed E-state index contributed by atoms with van der Waals surface area (Å²) in [6, 6.07) is 5.58. The Morgan fingerprint density at radius 2 is 2.35 bits per heavy atom. The summed E-state index contributed by atoms with van der Waals surface area (Å²) >= 11 is 0. The number of nitrogens with zero attached hydrogens (tertiary/aromatic N) is 2. The van der Waals surface area contributed by atoms with Crippen molar-refractivity contribution in [3.05, 3.63) is 33.9 Å². The van der Waals surface area contributed by atoms with E-state index in [2.05, 4.69) is 17.1 Å². The van der Waals surface area contributed by atoms with Crippen LogP contribution in [0.4, 0.5) is 11.4 Å². The molecule has 1 heterocycles. The Morgan fingerprint density at radius 3 is 3.00 bits per heavy atom. The molecule has 0 bridgehead atoms. The Kier molecular flexibility index (Phi) is 4.92. The quantitative estimate of drug-likeness (QED) is 0.661. The first kappa shape index (κ1) is 14.7. The number of nitro groups is 1. The number of anilines is 1. The van der Waals surface area contributed by atoms with Gasteiger partial charge in [0.25, 0.3) is 5.69 Å². The van der Waals surface area contributed by atoms with Crippen molar-refractivity contribution in [1.82, 2.24) is 4.90 Å². The van der Waals surface area contributed by atoms with Gasteiger partial charge in [0.15, 0.2) is 0 Å². The molecule has 1 unspecified atom stereocenters. The van der Waals surface area contributed by atoms with E-state index >= 15 is 0 Å². The number of hydrogen-bond acceptors (Lipinski definition) is 5. The van der Waals surface area contributed by atoms with Gasteiger partial charge in [0, 0.05) is 31.7 Å². The zero-order valence-corrected chi connectivity index (χ0v) is 12.0. The number of para-hydroxylation sites is 1. The molecule has 0 aliphatic carbocycles.